The summed E-state index contributed by atoms with van der Waals surface area (Å²) in [6, 6.07) is 15.2. The Kier molecular flexibility index (Phi) is 28.9. The van der Waals surface area contributed by atoms with Crippen molar-refractivity contribution in [1.29, 1.82) is 0 Å². The molecule has 0 N–H and O–H groups in total. The Morgan fingerprint density at radius 2 is 0.731 bits per heavy atom. The molecule has 292 valence electrons. The zero-order chi connectivity index (χ0) is 37.0. The lowest BCUT2D eigenvalue weighted by atomic mass is 10.1. The second kappa shape index (κ2) is 33.5. The molecule has 0 aliphatic rings. The van der Waals surface area contributed by atoms with Gasteiger partial charge >= 0.3 is 5.97 Å². The highest BCUT2D eigenvalue weighted by Gasteiger charge is 2.17. The highest BCUT2D eigenvalue weighted by Crippen LogP contribution is 2.10. The number of rotatable bonds is 37. The third kappa shape index (κ3) is 25.6. The summed E-state index contributed by atoms with van der Waals surface area (Å²) in [5, 5.41) is 0. The standard InChI is InChI=1S/C37H54O15/c38-32-33-6-8-35(9-7-33)51-30-28-49-26-24-47-22-20-45-18-16-43-14-12-41-10-11-42-13-15-44-17-19-46-21-23-48-25-27-50-29-31-52-37(40)36(39)34-4-2-1-3-5-34/h1-9,32H,10-31H2. The van der Waals surface area contributed by atoms with E-state index < -0.39 is 11.8 Å². The number of aldehydes is 1. The maximum absolute atomic E-state index is 11.9. The van der Waals surface area contributed by atoms with Gasteiger partial charge in [-0.2, -0.15) is 0 Å². The summed E-state index contributed by atoms with van der Waals surface area (Å²) in [7, 11) is 0. The van der Waals surface area contributed by atoms with Crippen LogP contribution in [0.4, 0.5) is 0 Å². The number of hydrogen-bond acceptors (Lipinski definition) is 15. The lowest BCUT2D eigenvalue weighted by Gasteiger charge is -2.09. The van der Waals surface area contributed by atoms with Gasteiger partial charge in [0.15, 0.2) is 0 Å². The Bertz CT molecular complexity index is 1130. The van der Waals surface area contributed by atoms with Crippen LogP contribution in [0.3, 0.4) is 0 Å². The van der Waals surface area contributed by atoms with Crippen LogP contribution < -0.4 is 4.74 Å². The first-order chi connectivity index (χ1) is 25.7. The monoisotopic (exact) mass is 738 g/mol. The zero-order valence-corrected chi connectivity index (χ0v) is 30.0. The fourth-order valence-electron chi connectivity index (χ4n) is 3.91. The van der Waals surface area contributed by atoms with E-state index in [4.69, 9.17) is 56.8 Å². The van der Waals surface area contributed by atoms with Crippen LogP contribution in [0.5, 0.6) is 5.75 Å². The average Bonchev–Trinajstić information content (AvgIpc) is 3.18. The number of hydrogen-bond donors (Lipinski definition) is 0. The fourth-order valence-corrected chi connectivity index (χ4v) is 3.91. The van der Waals surface area contributed by atoms with Gasteiger partial charge in [0.05, 0.1) is 132 Å². The van der Waals surface area contributed by atoms with E-state index in [1.165, 1.54) is 0 Å². The van der Waals surface area contributed by atoms with Gasteiger partial charge in [0.1, 0.15) is 25.2 Å². The van der Waals surface area contributed by atoms with Crippen LogP contribution in [0.25, 0.3) is 0 Å². The van der Waals surface area contributed by atoms with E-state index in [1.807, 2.05) is 0 Å². The third-order valence-electron chi connectivity index (χ3n) is 6.54. The molecule has 0 saturated heterocycles. The van der Waals surface area contributed by atoms with Crippen molar-refractivity contribution >= 4 is 18.0 Å². The average molecular weight is 739 g/mol. The van der Waals surface area contributed by atoms with E-state index >= 15 is 0 Å². The summed E-state index contributed by atoms with van der Waals surface area (Å²) in [5.41, 5.74) is 0.903. The number of carbonyl (C=O) groups excluding carboxylic acids is 3. The molecule has 0 bridgehead atoms. The van der Waals surface area contributed by atoms with Crippen LogP contribution in [-0.2, 0) is 56.9 Å². The van der Waals surface area contributed by atoms with Crippen molar-refractivity contribution in [1.82, 2.24) is 0 Å². The van der Waals surface area contributed by atoms with Crippen molar-refractivity contribution in [2.24, 2.45) is 0 Å². The molecule has 0 aliphatic carbocycles. The number of benzene rings is 2. The van der Waals surface area contributed by atoms with Crippen molar-refractivity contribution in [2.75, 3.05) is 145 Å². The van der Waals surface area contributed by atoms with Crippen LogP contribution >= 0.6 is 0 Å². The minimum Gasteiger partial charge on any atom is -0.491 e. The first-order valence-corrected chi connectivity index (χ1v) is 17.4. The first-order valence-electron chi connectivity index (χ1n) is 17.4. The molecule has 0 aromatic heterocycles. The third-order valence-corrected chi connectivity index (χ3v) is 6.54. The number of carbonyl (C=O) groups is 3. The maximum atomic E-state index is 11.9. The molecule has 0 amide bonds. The van der Waals surface area contributed by atoms with Crippen molar-refractivity contribution in [3.8, 4) is 5.75 Å². The van der Waals surface area contributed by atoms with E-state index in [0.29, 0.717) is 149 Å². The highest BCUT2D eigenvalue weighted by molar-refractivity contribution is 6.40. The second-order valence-corrected chi connectivity index (χ2v) is 10.5. The minimum atomic E-state index is -0.901. The smallest absolute Gasteiger partial charge is 0.379 e. The summed E-state index contributed by atoms with van der Waals surface area (Å²) in [4.78, 5) is 34.3. The number of Topliss-reactive ketones (excluding diaryl/α,β-unsaturated/α-hetero) is 1. The summed E-state index contributed by atoms with van der Waals surface area (Å²) in [5.74, 6) is -0.884. The Morgan fingerprint density at radius 1 is 0.404 bits per heavy atom. The molecule has 15 heteroatoms. The van der Waals surface area contributed by atoms with Crippen molar-refractivity contribution < 1.29 is 71.2 Å². The largest absolute Gasteiger partial charge is 0.491 e. The Balaban J connectivity index is 1.16. The summed E-state index contributed by atoms with van der Waals surface area (Å²) < 4.78 is 64.9. The van der Waals surface area contributed by atoms with Crippen LogP contribution in [0.2, 0.25) is 0 Å². The molecule has 0 radical (unpaired) electrons. The highest BCUT2D eigenvalue weighted by atomic mass is 16.6. The summed E-state index contributed by atoms with van der Waals surface area (Å²) in [6.07, 6.45) is 0.793. The van der Waals surface area contributed by atoms with Crippen molar-refractivity contribution in [2.45, 2.75) is 0 Å². The Hall–Kier alpha value is -3.35. The van der Waals surface area contributed by atoms with Gasteiger partial charge in [-0.3, -0.25) is 9.59 Å². The van der Waals surface area contributed by atoms with Crippen molar-refractivity contribution in [3.05, 3.63) is 65.7 Å². The molecule has 2 aromatic rings. The number of ether oxygens (including phenoxy) is 12. The van der Waals surface area contributed by atoms with Crippen LogP contribution in [0.1, 0.15) is 20.7 Å². The van der Waals surface area contributed by atoms with Crippen LogP contribution in [-0.4, -0.2) is 163 Å². The maximum Gasteiger partial charge on any atom is 0.379 e. The molecule has 2 aromatic carbocycles. The van der Waals surface area contributed by atoms with Crippen LogP contribution in [0.15, 0.2) is 54.6 Å². The molecule has 0 fully saturated rings. The van der Waals surface area contributed by atoms with E-state index in [2.05, 4.69) is 0 Å². The van der Waals surface area contributed by atoms with Crippen molar-refractivity contribution in [3.63, 3.8) is 0 Å². The topological polar surface area (TPSA) is 162 Å². The molecule has 0 heterocycles. The lowest BCUT2D eigenvalue weighted by Crippen LogP contribution is -2.20. The van der Waals surface area contributed by atoms with E-state index in [1.54, 1.807) is 54.6 Å². The minimum absolute atomic E-state index is 0.00740. The Labute approximate surface area is 305 Å². The van der Waals surface area contributed by atoms with E-state index in [9.17, 15) is 14.4 Å². The molecule has 0 saturated carbocycles. The van der Waals surface area contributed by atoms with Gasteiger partial charge in [-0.15, -0.1) is 0 Å². The van der Waals surface area contributed by atoms with Gasteiger partial charge in [0.25, 0.3) is 5.78 Å². The predicted octanol–water partition coefficient (Wildman–Crippen LogP) is 2.47. The fraction of sp³-hybridized carbons (Fsp3) is 0.595. The summed E-state index contributed by atoms with van der Waals surface area (Å²) >= 11 is 0. The van der Waals surface area contributed by atoms with Gasteiger partial charge in [0, 0.05) is 11.1 Å². The quantitative estimate of drug-likeness (QED) is 0.0327. The molecular formula is C37H54O15. The molecule has 0 unspecified atom stereocenters. The van der Waals surface area contributed by atoms with Gasteiger partial charge < -0.3 is 56.8 Å². The normalized spacial score (nSPS) is 11.1. The van der Waals surface area contributed by atoms with Gasteiger partial charge in [-0.05, 0) is 24.3 Å². The second-order valence-electron chi connectivity index (χ2n) is 10.5. The van der Waals surface area contributed by atoms with Gasteiger partial charge in [-0.25, -0.2) is 4.79 Å². The number of esters is 1. The van der Waals surface area contributed by atoms with Crippen LogP contribution in [0, 0.1) is 0 Å². The van der Waals surface area contributed by atoms with E-state index in [-0.39, 0.29) is 13.2 Å². The zero-order valence-electron chi connectivity index (χ0n) is 30.0. The lowest BCUT2D eigenvalue weighted by molar-refractivity contribution is -0.139. The predicted molar refractivity (Wildman–Crippen MR) is 187 cm³/mol. The van der Waals surface area contributed by atoms with Gasteiger partial charge in [0.2, 0.25) is 0 Å². The molecule has 0 atom stereocenters. The SMILES string of the molecule is O=Cc1ccc(OCCOCCOCCOCCOCCOCCOCCOCCOCCOCCOCCOC(=O)C(=O)c2ccccc2)cc1. The molecule has 2 rings (SSSR count). The Morgan fingerprint density at radius 3 is 1.08 bits per heavy atom. The van der Waals surface area contributed by atoms with E-state index in [0.717, 1.165) is 6.29 Å². The first kappa shape index (κ1) is 44.8. The number of ketones is 1. The summed E-state index contributed by atoms with van der Waals surface area (Å²) in [6.45, 7) is 9.18. The molecular weight excluding hydrogens is 684 g/mol. The molecule has 15 nitrogen and oxygen atoms in total. The molecule has 0 spiro atoms. The molecule has 52 heavy (non-hydrogen) atoms. The van der Waals surface area contributed by atoms with Gasteiger partial charge in [-0.1, -0.05) is 30.3 Å². The molecule has 0 aliphatic heterocycles.